The number of ketones is 1. The van der Waals surface area contributed by atoms with Crippen LogP contribution in [-0.2, 0) is 23.9 Å². The average Bonchev–Trinajstić information content (AvgIpc) is 3.22. The van der Waals surface area contributed by atoms with E-state index in [1.54, 1.807) is 36.4 Å². The van der Waals surface area contributed by atoms with Gasteiger partial charge in [0.1, 0.15) is 5.70 Å². The summed E-state index contributed by atoms with van der Waals surface area (Å²) < 4.78 is 10.9. The zero-order valence-electron chi connectivity index (χ0n) is 19.8. The van der Waals surface area contributed by atoms with E-state index < -0.39 is 24.5 Å². The third-order valence-electron chi connectivity index (χ3n) is 6.09. The van der Waals surface area contributed by atoms with Crippen LogP contribution < -0.4 is 0 Å². The largest absolute Gasteiger partial charge is 0.466 e. The van der Waals surface area contributed by atoms with Crippen molar-refractivity contribution < 1.29 is 28.7 Å². The van der Waals surface area contributed by atoms with Crippen LogP contribution in [0.1, 0.15) is 55.3 Å². The number of allylic oxidation sites excluding steroid dienone is 3. The van der Waals surface area contributed by atoms with Gasteiger partial charge in [0.2, 0.25) is 5.91 Å². The molecule has 3 rings (SSSR count). The van der Waals surface area contributed by atoms with E-state index in [-0.39, 0.29) is 23.4 Å². The molecule has 0 saturated carbocycles. The van der Waals surface area contributed by atoms with Crippen LogP contribution in [0.5, 0.6) is 0 Å². The number of methoxy groups -OCH3 is 1. The molecule has 1 heterocycles. The topological polar surface area (TPSA) is 90.0 Å². The lowest BCUT2D eigenvalue weighted by Gasteiger charge is -2.32. The Bertz CT molecular complexity index is 1030. The first kappa shape index (κ1) is 26.6. The van der Waals surface area contributed by atoms with Crippen LogP contribution >= 0.6 is 15.9 Å². The van der Waals surface area contributed by atoms with Crippen molar-refractivity contribution in [3.63, 3.8) is 0 Å². The Kier molecular flexibility index (Phi) is 10.0. The maximum absolute atomic E-state index is 13.6. The summed E-state index contributed by atoms with van der Waals surface area (Å²) in [6.07, 6.45) is 13.7. The Morgan fingerprint density at radius 2 is 1.89 bits per heavy atom. The fraction of sp³-hybridized carbons (Fsp3) is 0.407. The summed E-state index contributed by atoms with van der Waals surface area (Å²) in [5.41, 5.74) is 0.613. The summed E-state index contributed by atoms with van der Waals surface area (Å²) in [6, 6.07) is 6.54. The summed E-state index contributed by atoms with van der Waals surface area (Å²) in [5.74, 6) is -2.06. The van der Waals surface area contributed by atoms with E-state index in [0.29, 0.717) is 24.8 Å². The first-order valence-electron chi connectivity index (χ1n) is 11.8. The van der Waals surface area contributed by atoms with Crippen molar-refractivity contribution in [2.24, 2.45) is 5.92 Å². The van der Waals surface area contributed by atoms with Gasteiger partial charge in [0, 0.05) is 22.0 Å². The molecule has 0 spiro atoms. The Hall–Kier alpha value is -3.00. The standard InChI is InChI=1S/C27H30BrNO6/c1-34-25(31)13-7-9-20-8-6-12-23(29(26(20)32)22-10-4-2-3-5-11-22)27(33)35-18-24(30)19-14-16-21(28)17-15-19/h4,7,10,12-17,20,22H,2-3,5-6,8-9,11,18H2,1H3. The molecule has 1 aliphatic heterocycles. The molecule has 1 aromatic carbocycles. The van der Waals surface area contributed by atoms with Crippen molar-refractivity contribution in [3.05, 3.63) is 70.4 Å². The Morgan fingerprint density at radius 1 is 1.11 bits per heavy atom. The molecule has 186 valence electrons. The van der Waals surface area contributed by atoms with Crippen LogP contribution in [0.3, 0.4) is 0 Å². The number of halogens is 1. The monoisotopic (exact) mass is 543 g/mol. The van der Waals surface area contributed by atoms with E-state index in [1.807, 2.05) is 12.2 Å². The molecule has 7 nitrogen and oxygen atoms in total. The van der Waals surface area contributed by atoms with Crippen LogP contribution in [0.15, 0.2) is 64.8 Å². The van der Waals surface area contributed by atoms with Gasteiger partial charge in [0.15, 0.2) is 12.4 Å². The number of carbonyl (C=O) groups is 4. The van der Waals surface area contributed by atoms with E-state index in [9.17, 15) is 19.2 Å². The molecule has 0 saturated heterocycles. The van der Waals surface area contributed by atoms with Crippen LogP contribution in [-0.4, -0.2) is 48.3 Å². The molecular formula is C27H30BrNO6. The first-order chi connectivity index (χ1) is 16.9. The minimum absolute atomic E-state index is 0.176. The smallest absolute Gasteiger partial charge is 0.355 e. The molecule has 0 fully saturated rings. The van der Waals surface area contributed by atoms with Crippen LogP contribution in [0.4, 0.5) is 0 Å². The molecule has 1 amide bonds. The number of amides is 1. The average molecular weight is 544 g/mol. The predicted molar refractivity (Wildman–Crippen MR) is 134 cm³/mol. The minimum atomic E-state index is -0.688. The quantitative estimate of drug-likeness (QED) is 0.200. The van der Waals surface area contributed by atoms with Crippen molar-refractivity contribution in [2.45, 2.75) is 51.0 Å². The minimum Gasteiger partial charge on any atom is -0.466 e. The molecule has 0 bridgehead atoms. The van der Waals surface area contributed by atoms with Gasteiger partial charge in [-0.3, -0.25) is 14.5 Å². The highest BCUT2D eigenvalue weighted by atomic mass is 79.9. The zero-order chi connectivity index (χ0) is 25.2. The van der Waals surface area contributed by atoms with Gasteiger partial charge >= 0.3 is 11.9 Å². The Labute approximate surface area is 214 Å². The lowest BCUT2D eigenvalue weighted by Crippen LogP contribution is -2.43. The maximum atomic E-state index is 13.6. The van der Waals surface area contributed by atoms with Gasteiger partial charge in [0.05, 0.1) is 13.2 Å². The number of benzene rings is 1. The molecule has 0 radical (unpaired) electrons. The third-order valence-corrected chi connectivity index (χ3v) is 6.62. The highest BCUT2D eigenvalue weighted by Gasteiger charge is 2.36. The summed E-state index contributed by atoms with van der Waals surface area (Å²) >= 11 is 3.33. The summed E-state index contributed by atoms with van der Waals surface area (Å²) in [4.78, 5) is 52.2. The zero-order valence-corrected chi connectivity index (χ0v) is 21.4. The second-order valence-electron chi connectivity index (χ2n) is 8.52. The molecule has 0 aromatic heterocycles. The Balaban J connectivity index is 1.77. The number of Topliss-reactive ketones (excluding diaryl/α,β-unsaturated/α-hetero) is 1. The van der Waals surface area contributed by atoms with Crippen molar-refractivity contribution in [2.75, 3.05) is 13.7 Å². The summed E-state index contributed by atoms with van der Waals surface area (Å²) in [7, 11) is 1.30. The van der Waals surface area contributed by atoms with Gasteiger partial charge in [0.25, 0.3) is 0 Å². The lowest BCUT2D eigenvalue weighted by atomic mass is 9.97. The summed E-state index contributed by atoms with van der Waals surface area (Å²) in [5, 5.41) is 0. The first-order valence-corrected chi connectivity index (χ1v) is 12.6. The molecule has 2 unspecified atom stereocenters. The normalized spacial score (nSPS) is 20.7. The molecule has 1 aliphatic carbocycles. The predicted octanol–water partition coefficient (Wildman–Crippen LogP) is 4.92. The van der Waals surface area contributed by atoms with Gasteiger partial charge in [-0.05, 0) is 50.7 Å². The van der Waals surface area contributed by atoms with Crippen molar-refractivity contribution in [3.8, 4) is 0 Å². The molecule has 2 atom stereocenters. The van der Waals surface area contributed by atoms with Gasteiger partial charge in [-0.1, -0.05) is 58.8 Å². The number of rotatable bonds is 8. The molecule has 35 heavy (non-hydrogen) atoms. The lowest BCUT2D eigenvalue weighted by molar-refractivity contribution is -0.145. The molecule has 1 aromatic rings. The van der Waals surface area contributed by atoms with Crippen molar-refractivity contribution >= 4 is 39.6 Å². The Morgan fingerprint density at radius 3 is 2.63 bits per heavy atom. The van der Waals surface area contributed by atoms with Crippen LogP contribution in [0.2, 0.25) is 0 Å². The SMILES string of the molecule is COC(=O)C=CCC1CCC=C(C(=O)OCC(=O)c2ccc(Br)cc2)N(C2C=CCCCC2)C1=O. The van der Waals surface area contributed by atoms with E-state index in [0.717, 1.165) is 30.2 Å². The molecule has 2 aliphatic rings. The van der Waals surface area contributed by atoms with Gasteiger partial charge in [-0.25, -0.2) is 9.59 Å². The van der Waals surface area contributed by atoms with E-state index >= 15 is 0 Å². The van der Waals surface area contributed by atoms with Crippen molar-refractivity contribution in [1.29, 1.82) is 0 Å². The van der Waals surface area contributed by atoms with Gasteiger partial charge in [-0.15, -0.1) is 0 Å². The highest BCUT2D eigenvalue weighted by Crippen LogP contribution is 2.30. The number of ether oxygens (including phenoxy) is 2. The number of esters is 2. The van der Waals surface area contributed by atoms with Gasteiger partial charge < -0.3 is 9.47 Å². The van der Waals surface area contributed by atoms with Crippen LogP contribution in [0.25, 0.3) is 0 Å². The fourth-order valence-corrected chi connectivity index (χ4v) is 4.47. The van der Waals surface area contributed by atoms with Crippen molar-refractivity contribution in [1.82, 2.24) is 4.90 Å². The second-order valence-corrected chi connectivity index (χ2v) is 9.43. The second kappa shape index (κ2) is 13.2. The highest BCUT2D eigenvalue weighted by molar-refractivity contribution is 9.10. The molecular weight excluding hydrogens is 514 g/mol. The van der Waals surface area contributed by atoms with E-state index in [4.69, 9.17) is 4.74 Å². The van der Waals surface area contributed by atoms with E-state index in [2.05, 4.69) is 20.7 Å². The van der Waals surface area contributed by atoms with Crippen LogP contribution in [0, 0.1) is 5.92 Å². The maximum Gasteiger partial charge on any atom is 0.355 e. The number of carbonyl (C=O) groups excluding carboxylic acids is 4. The number of hydrogen-bond donors (Lipinski definition) is 0. The molecule has 8 heteroatoms. The van der Waals surface area contributed by atoms with Gasteiger partial charge in [-0.2, -0.15) is 0 Å². The molecule has 0 N–H and O–H groups in total. The fourth-order valence-electron chi connectivity index (χ4n) is 4.20. The number of hydrogen-bond acceptors (Lipinski definition) is 6. The third kappa shape index (κ3) is 7.49. The summed E-state index contributed by atoms with van der Waals surface area (Å²) in [6.45, 7) is -0.411. The number of nitrogens with zero attached hydrogens (tertiary/aromatic N) is 1. The van der Waals surface area contributed by atoms with E-state index in [1.165, 1.54) is 18.1 Å².